The summed E-state index contributed by atoms with van der Waals surface area (Å²) in [6, 6.07) is 7.83. The van der Waals surface area contributed by atoms with Crippen molar-refractivity contribution in [2.45, 2.75) is 32.5 Å². The van der Waals surface area contributed by atoms with Gasteiger partial charge in [-0.05, 0) is 36.7 Å². The fourth-order valence-corrected chi connectivity index (χ4v) is 4.55. The van der Waals surface area contributed by atoms with Gasteiger partial charge in [0.2, 0.25) is 0 Å². The van der Waals surface area contributed by atoms with Crippen LogP contribution in [0.4, 0.5) is 4.39 Å². The third-order valence-corrected chi connectivity index (χ3v) is 5.99. The number of nitrogens with zero attached hydrogens (tertiary/aromatic N) is 4. The van der Waals surface area contributed by atoms with Gasteiger partial charge in [0.05, 0.1) is 19.1 Å². The number of hydrogen-bond acceptors (Lipinski definition) is 5. The lowest BCUT2D eigenvalue weighted by Crippen LogP contribution is -2.43. The Morgan fingerprint density at radius 2 is 1.86 bits per heavy atom. The van der Waals surface area contributed by atoms with Crippen molar-refractivity contribution in [3.05, 3.63) is 86.3 Å². The maximum atomic E-state index is 13.1. The van der Waals surface area contributed by atoms with Gasteiger partial charge >= 0.3 is 11.1 Å². The fraction of sp³-hybridized carbons (Fsp3) is 0.381. The maximum absolute atomic E-state index is 13.1. The van der Waals surface area contributed by atoms with Crippen LogP contribution in [-0.2, 0) is 26.1 Å². The number of rotatable bonds is 4. The van der Waals surface area contributed by atoms with Crippen molar-refractivity contribution in [3.63, 3.8) is 0 Å². The predicted molar refractivity (Wildman–Crippen MR) is 103 cm³/mol. The molecule has 2 aliphatic rings. The Hall–Kier alpha value is -3.00. The second kappa shape index (κ2) is 6.81. The molecule has 0 saturated carbocycles. The van der Waals surface area contributed by atoms with E-state index in [2.05, 4.69) is 10.00 Å². The molecule has 8 heteroatoms. The largest absolute Gasteiger partial charge is 0.472 e. The highest BCUT2D eigenvalue weighted by atomic mass is 19.1. The average molecular weight is 396 g/mol. The van der Waals surface area contributed by atoms with Crippen molar-refractivity contribution in [3.8, 4) is 0 Å². The Morgan fingerprint density at radius 3 is 2.62 bits per heavy atom. The molecule has 150 valence electrons. The van der Waals surface area contributed by atoms with Gasteiger partial charge in [0.15, 0.2) is 0 Å². The Balaban J connectivity index is 1.38. The van der Waals surface area contributed by atoms with Crippen LogP contribution < -0.4 is 11.1 Å². The molecular weight excluding hydrogens is 375 g/mol. The summed E-state index contributed by atoms with van der Waals surface area (Å²) in [5, 5.41) is 4.49. The quantitative estimate of drug-likeness (QED) is 0.627. The number of furan rings is 1. The Bertz CT molecular complexity index is 1150. The van der Waals surface area contributed by atoms with Crippen molar-refractivity contribution in [1.29, 1.82) is 0 Å². The molecule has 7 nitrogen and oxygen atoms in total. The Labute approximate surface area is 166 Å². The molecule has 1 spiro atoms. The average Bonchev–Trinajstić information content (AvgIpc) is 3.43. The van der Waals surface area contributed by atoms with Crippen molar-refractivity contribution < 1.29 is 8.81 Å². The van der Waals surface area contributed by atoms with E-state index in [1.165, 1.54) is 16.8 Å². The zero-order valence-corrected chi connectivity index (χ0v) is 15.9. The second-order valence-corrected chi connectivity index (χ2v) is 8.17. The molecule has 0 radical (unpaired) electrons. The highest BCUT2D eigenvalue weighted by Crippen LogP contribution is 2.39. The van der Waals surface area contributed by atoms with E-state index in [1.54, 1.807) is 29.2 Å². The molecule has 2 aliphatic heterocycles. The van der Waals surface area contributed by atoms with Crippen molar-refractivity contribution >= 4 is 0 Å². The third kappa shape index (κ3) is 3.33. The van der Waals surface area contributed by atoms with Crippen LogP contribution in [0.15, 0.2) is 56.9 Å². The maximum Gasteiger partial charge on any atom is 0.332 e. The highest BCUT2D eigenvalue weighted by Gasteiger charge is 2.44. The van der Waals surface area contributed by atoms with E-state index in [0.29, 0.717) is 18.8 Å². The monoisotopic (exact) mass is 396 g/mol. The van der Waals surface area contributed by atoms with Crippen LogP contribution in [-0.4, -0.2) is 32.3 Å². The van der Waals surface area contributed by atoms with Gasteiger partial charge < -0.3 is 4.42 Å². The van der Waals surface area contributed by atoms with E-state index >= 15 is 0 Å². The zero-order valence-electron chi connectivity index (χ0n) is 15.9. The van der Waals surface area contributed by atoms with Crippen LogP contribution >= 0.6 is 0 Å². The molecule has 5 rings (SSSR count). The summed E-state index contributed by atoms with van der Waals surface area (Å²) in [6.07, 6.45) is 5.06. The summed E-state index contributed by atoms with van der Waals surface area (Å²) in [5.74, 6) is 0.313. The zero-order chi connectivity index (χ0) is 20.0. The Morgan fingerprint density at radius 1 is 1.03 bits per heavy atom. The molecule has 0 aliphatic carbocycles. The second-order valence-electron chi connectivity index (χ2n) is 8.17. The summed E-state index contributed by atoms with van der Waals surface area (Å²) in [7, 11) is 0. The minimum Gasteiger partial charge on any atom is -0.472 e. The smallest absolute Gasteiger partial charge is 0.332 e. The van der Waals surface area contributed by atoms with Gasteiger partial charge in [0.1, 0.15) is 11.6 Å². The van der Waals surface area contributed by atoms with Crippen molar-refractivity contribution in [2.75, 3.05) is 13.1 Å². The number of benzene rings is 1. The normalized spacial score (nSPS) is 21.1. The molecular formula is C21H21FN4O3. The molecule has 1 aromatic carbocycles. The molecule has 2 aromatic heterocycles. The van der Waals surface area contributed by atoms with Gasteiger partial charge in [0.25, 0.3) is 0 Å². The lowest BCUT2D eigenvalue weighted by molar-refractivity contribution is 0.246. The van der Waals surface area contributed by atoms with Crippen LogP contribution in [0.1, 0.15) is 23.4 Å². The van der Waals surface area contributed by atoms with Gasteiger partial charge in [0, 0.05) is 37.0 Å². The van der Waals surface area contributed by atoms with E-state index in [0.717, 1.165) is 37.2 Å². The molecule has 0 amide bonds. The molecule has 4 heterocycles. The van der Waals surface area contributed by atoms with E-state index in [9.17, 15) is 14.0 Å². The third-order valence-electron chi connectivity index (χ3n) is 5.99. The first-order chi connectivity index (χ1) is 14.0. The summed E-state index contributed by atoms with van der Waals surface area (Å²) < 4.78 is 21.0. The van der Waals surface area contributed by atoms with E-state index in [1.807, 2.05) is 6.07 Å². The first-order valence-electron chi connectivity index (χ1n) is 9.70. The molecule has 29 heavy (non-hydrogen) atoms. The SMILES string of the molecule is O=c1c(=O)n2c(nn1Cc1ccc(F)cc1)C[C@@]1(CCN(Cc3ccoc3)C1)C2. The molecule has 0 unspecified atom stereocenters. The first kappa shape index (κ1) is 18.1. The fourth-order valence-electron chi connectivity index (χ4n) is 4.55. The molecule has 3 aromatic rings. The minimum atomic E-state index is -0.636. The summed E-state index contributed by atoms with van der Waals surface area (Å²) in [5.41, 5.74) is 0.632. The van der Waals surface area contributed by atoms with Crippen molar-refractivity contribution in [2.24, 2.45) is 5.41 Å². The molecule has 1 fully saturated rings. The Kier molecular flexibility index (Phi) is 4.24. The predicted octanol–water partition coefficient (Wildman–Crippen LogP) is 1.63. The topological polar surface area (TPSA) is 73.3 Å². The van der Waals surface area contributed by atoms with Crippen LogP contribution in [0.25, 0.3) is 0 Å². The van der Waals surface area contributed by atoms with Gasteiger partial charge in [-0.3, -0.25) is 19.1 Å². The molecule has 0 N–H and O–H groups in total. The minimum absolute atomic E-state index is 0.0651. The molecule has 0 bridgehead atoms. The van der Waals surface area contributed by atoms with E-state index in [4.69, 9.17) is 4.42 Å². The van der Waals surface area contributed by atoms with Gasteiger partial charge in [-0.25, -0.2) is 9.07 Å². The van der Waals surface area contributed by atoms with Gasteiger partial charge in [-0.1, -0.05) is 12.1 Å². The molecule has 1 atom stereocenters. The van der Waals surface area contributed by atoms with Crippen LogP contribution in [0.5, 0.6) is 0 Å². The number of fused-ring (bicyclic) bond motifs is 1. The lowest BCUT2D eigenvalue weighted by Gasteiger charge is -2.22. The van der Waals surface area contributed by atoms with Crippen LogP contribution in [0.2, 0.25) is 0 Å². The van der Waals surface area contributed by atoms with E-state index < -0.39 is 11.1 Å². The summed E-state index contributed by atoms with van der Waals surface area (Å²) in [4.78, 5) is 27.6. The summed E-state index contributed by atoms with van der Waals surface area (Å²) >= 11 is 0. The molecule has 1 saturated heterocycles. The van der Waals surface area contributed by atoms with Gasteiger partial charge in [-0.2, -0.15) is 5.10 Å². The van der Waals surface area contributed by atoms with Crippen LogP contribution in [0.3, 0.4) is 0 Å². The number of aromatic nitrogens is 3. The van der Waals surface area contributed by atoms with Crippen molar-refractivity contribution in [1.82, 2.24) is 19.2 Å². The standard InChI is InChI=1S/C21H21FN4O3/c22-17-3-1-15(2-4-17)11-26-20(28)19(27)25-14-21(9-18(25)23-26)6-7-24(13-21)10-16-5-8-29-12-16/h1-5,8,12H,6-7,9-11,13-14H2/t21-/m1/s1. The number of halogens is 1. The summed E-state index contributed by atoms with van der Waals surface area (Å²) in [6.45, 7) is 3.29. The van der Waals surface area contributed by atoms with Gasteiger partial charge in [-0.15, -0.1) is 0 Å². The number of likely N-dealkylation sites (tertiary alicyclic amines) is 1. The van der Waals surface area contributed by atoms with E-state index in [-0.39, 0.29) is 17.8 Å². The lowest BCUT2D eigenvalue weighted by atomic mass is 9.86. The first-order valence-corrected chi connectivity index (χ1v) is 9.70. The number of hydrogen-bond donors (Lipinski definition) is 0. The van der Waals surface area contributed by atoms with Crippen LogP contribution in [0, 0.1) is 11.2 Å². The highest BCUT2D eigenvalue weighted by molar-refractivity contribution is 5.16.